The van der Waals surface area contributed by atoms with Crippen LogP contribution in [0.25, 0.3) is 37.9 Å². The minimum absolute atomic E-state index is 0.0226. The highest BCUT2D eigenvalue weighted by atomic mass is 32.1. The lowest BCUT2D eigenvalue weighted by Gasteiger charge is -2.45. The lowest BCUT2D eigenvalue weighted by atomic mass is 9.33. The highest BCUT2D eigenvalue weighted by Gasteiger charge is 2.44. The molecule has 4 heteroatoms. The third kappa shape index (κ3) is 6.60. The molecule has 66 heavy (non-hydrogen) atoms. The smallest absolute Gasteiger partial charge is 0.252 e. The number of allylic oxidation sites excluding steroid dienone is 1. The number of rotatable bonds is 5. The van der Waals surface area contributed by atoms with Gasteiger partial charge in [0.2, 0.25) is 0 Å². The fraction of sp³-hybridized carbons (Fsp3) is 0.161. The molecule has 8 aromatic carbocycles. The number of anilines is 6. The first-order valence-electron chi connectivity index (χ1n) is 23.6. The summed E-state index contributed by atoms with van der Waals surface area (Å²) in [5.74, 6) is 0. The van der Waals surface area contributed by atoms with E-state index in [0.717, 1.165) is 12.8 Å². The van der Waals surface area contributed by atoms with E-state index in [1.807, 2.05) is 11.3 Å². The van der Waals surface area contributed by atoms with Crippen LogP contribution in [0.1, 0.15) is 75.1 Å². The molecule has 0 bridgehead atoms. The zero-order chi connectivity index (χ0) is 44.9. The van der Waals surface area contributed by atoms with Crippen LogP contribution in [0.15, 0.2) is 188 Å². The molecule has 1 aromatic heterocycles. The van der Waals surface area contributed by atoms with Gasteiger partial charge >= 0.3 is 0 Å². The maximum Gasteiger partial charge on any atom is 0.252 e. The predicted molar refractivity (Wildman–Crippen MR) is 286 cm³/mol. The molecule has 320 valence electrons. The van der Waals surface area contributed by atoms with E-state index in [2.05, 4.69) is 239 Å². The Labute approximate surface area is 394 Å². The van der Waals surface area contributed by atoms with Crippen molar-refractivity contribution in [3.63, 3.8) is 0 Å². The third-order valence-electron chi connectivity index (χ3n) is 14.3. The molecule has 0 spiro atoms. The molecular weight excluding hydrogens is 816 g/mol. The monoisotopic (exact) mass is 868 g/mol. The second-order valence-corrected chi connectivity index (χ2v) is 21.5. The van der Waals surface area contributed by atoms with Crippen LogP contribution in [0.2, 0.25) is 0 Å². The number of hydrogen-bond donors (Lipinski definition) is 0. The molecule has 0 atom stereocenters. The van der Waals surface area contributed by atoms with Gasteiger partial charge in [-0.2, -0.15) is 0 Å². The quantitative estimate of drug-likeness (QED) is 0.159. The fourth-order valence-electron chi connectivity index (χ4n) is 10.9. The van der Waals surface area contributed by atoms with Crippen LogP contribution in [0.5, 0.6) is 0 Å². The van der Waals surface area contributed by atoms with E-state index in [9.17, 15) is 0 Å². The van der Waals surface area contributed by atoms with Gasteiger partial charge in [-0.3, -0.25) is 0 Å². The molecule has 3 heterocycles. The topological polar surface area (TPSA) is 6.48 Å². The number of benzene rings is 8. The standard InChI is InChI=1S/C62H53BN2S/c1-61(2,3)44-31-36-54-52(38-44)63-51-34-30-45(62(4,5)6)39-57(51)65(53-35-29-43(40-17-9-7-10-18-40)37-50(53)41-19-11-8-12-20-41)56-25-16-24-55(59(56)63)64(54)46-32-27-42(28-33-46)47-22-15-23-49-48-21-13-14-26-58(48)66-60(47)49/h7-14,16-22,24-39H,15,23H2,1-6H3. The molecule has 0 amide bonds. The van der Waals surface area contributed by atoms with E-state index in [4.69, 9.17) is 0 Å². The van der Waals surface area contributed by atoms with Gasteiger partial charge in [-0.05, 0) is 145 Å². The SMILES string of the molecule is CC(C)(C)c1ccc2c(c1)B1c3ccc(C(C)(C)C)cc3N(c3ccc(-c4ccccc4)cc3-c3ccccc3)c3cccc(c31)N2c1ccc(C2=CCCc3c2sc2ccccc32)cc1. The van der Waals surface area contributed by atoms with Crippen molar-refractivity contribution in [1.29, 1.82) is 0 Å². The van der Waals surface area contributed by atoms with E-state index < -0.39 is 0 Å². The van der Waals surface area contributed by atoms with Gasteiger partial charge in [0.15, 0.2) is 0 Å². The maximum atomic E-state index is 2.59. The maximum absolute atomic E-state index is 2.59. The summed E-state index contributed by atoms with van der Waals surface area (Å²) in [6.07, 6.45) is 4.63. The Kier molecular flexibility index (Phi) is 9.45. The number of aryl methyl sites for hydroxylation is 1. The Morgan fingerprint density at radius 2 is 1.11 bits per heavy atom. The first kappa shape index (κ1) is 40.6. The van der Waals surface area contributed by atoms with E-state index in [1.54, 1.807) is 0 Å². The minimum atomic E-state index is -0.0404. The lowest BCUT2D eigenvalue weighted by Crippen LogP contribution is -2.61. The molecule has 0 N–H and O–H groups in total. The largest absolute Gasteiger partial charge is 0.311 e. The minimum Gasteiger partial charge on any atom is -0.311 e. The van der Waals surface area contributed by atoms with E-state index >= 15 is 0 Å². The Bertz CT molecular complexity index is 3380. The Hall–Kier alpha value is -6.88. The summed E-state index contributed by atoms with van der Waals surface area (Å²) < 4.78 is 1.38. The Morgan fingerprint density at radius 3 is 1.85 bits per heavy atom. The zero-order valence-electron chi connectivity index (χ0n) is 38.7. The van der Waals surface area contributed by atoms with Crippen molar-refractivity contribution in [3.05, 3.63) is 215 Å². The van der Waals surface area contributed by atoms with Crippen LogP contribution in [0.4, 0.5) is 34.1 Å². The van der Waals surface area contributed by atoms with Gasteiger partial charge in [-0.1, -0.05) is 175 Å². The van der Waals surface area contributed by atoms with E-state index in [-0.39, 0.29) is 17.5 Å². The number of fused-ring (bicyclic) bond motifs is 7. The molecule has 2 aliphatic heterocycles. The molecule has 1 aliphatic carbocycles. The summed E-state index contributed by atoms with van der Waals surface area (Å²) in [5.41, 5.74) is 22.9. The van der Waals surface area contributed by atoms with Crippen molar-refractivity contribution in [2.24, 2.45) is 0 Å². The highest BCUT2D eigenvalue weighted by Crippen LogP contribution is 2.49. The lowest BCUT2D eigenvalue weighted by molar-refractivity contribution is 0.590. The summed E-state index contributed by atoms with van der Waals surface area (Å²) in [5, 5.41) is 1.41. The van der Waals surface area contributed by atoms with Crippen molar-refractivity contribution in [2.75, 3.05) is 9.80 Å². The van der Waals surface area contributed by atoms with Gasteiger partial charge in [0.1, 0.15) is 0 Å². The van der Waals surface area contributed by atoms with Crippen LogP contribution in [0.3, 0.4) is 0 Å². The molecular formula is C62H53BN2S. The van der Waals surface area contributed by atoms with Gasteiger partial charge in [-0.25, -0.2) is 0 Å². The van der Waals surface area contributed by atoms with E-state index in [1.165, 1.54) is 116 Å². The van der Waals surface area contributed by atoms with Crippen LogP contribution in [-0.2, 0) is 17.3 Å². The predicted octanol–water partition coefficient (Wildman–Crippen LogP) is 15.3. The van der Waals surface area contributed by atoms with Crippen LogP contribution in [0, 0.1) is 0 Å². The first-order chi connectivity index (χ1) is 32.0. The van der Waals surface area contributed by atoms with Gasteiger partial charge < -0.3 is 9.80 Å². The second kappa shape index (κ2) is 15.4. The van der Waals surface area contributed by atoms with Crippen LogP contribution in [-0.4, -0.2) is 6.71 Å². The summed E-state index contributed by atoms with van der Waals surface area (Å²) in [6.45, 7) is 14.0. The molecule has 0 saturated heterocycles. The van der Waals surface area contributed by atoms with Gasteiger partial charge in [-0.15, -0.1) is 11.3 Å². The molecule has 9 aromatic rings. The van der Waals surface area contributed by atoms with Crippen molar-refractivity contribution in [2.45, 2.75) is 65.2 Å². The fourth-order valence-corrected chi connectivity index (χ4v) is 12.2. The zero-order valence-corrected chi connectivity index (χ0v) is 39.5. The van der Waals surface area contributed by atoms with Crippen molar-refractivity contribution in [3.8, 4) is 22.3 Å². The van der Waals surface area contributed by atoms with Crippen molar-refractivity contribution in [1.82, 2.24) is 0 Å². The van der Waals surface area contributed by atoms with Crippen LogP contribution < -0.4 is 26.2 Å². The first-order valence-corrected chi connectivity index (χ1v) is 24.4. The Balaban J connectivity index is 1.08. The van der Waals surface area contributed by atoms with Crippen molar-refractivity contribution < 1.29 is 0 Å². The number of hydrogen-bond acceptors (Lipinski definition) is 3. The Morgan fingerprint density at radius 1 is 0.470 bits per heavy atom. The van der Waals surface area contributed by atoms with E-state index in [0.29, 0.717) is 0 Å². The molecule has 3 aliphatic rings. The van der Waals surface area contributed by atoms with Gasteiger partial charge in [0.05, 0.1) is 5.69 Å². The summed E-state index contributed by atoms with van der Waals surface area (Å²) in [4.78, 5) is 6.56. The van der Waals surface area contributed by atoms with Crippen LogP contribution >= 0.6 is 11.3 Å². The third-order valence-corrected chi connectivity index (χ3v) is 15.5. The second-order valence-electron chi connectivity index (χ2n) is 20.4. The molecule has 2 nitrogen and oxygen atoms in total. The highest BCUT2D eigenvalue weighted by molar-refractivity contribution is 7.20. The molecule has 0 radical (unpaired) electrons. The average molecular weight is 869 g/mol. The average Bonchev–Trinajstić information content (AvgIpc) is 3.73. The molecule has 12 rings (SSSR count). The summed E-state index contributed by atoms with van der Waals surface area (Å²) in [7, 11) is 0. The summed E-state index contributed by atoms with van der Waals surface area (Å²) >= 11 is 1.94. The van der Waals surface area contributed by atoms with Gasteiger partial charge in [0.25, 0.3) is 6.71 Å². The normalized spacial score (nSPS) is 14.1. The summed E-state index contributed by atoms with van der Waals surface area (Å²) in [6, 6.07) is 68.8. The molecule has 0 unspecified atom stereocenters. The number of nitrogens with zero attached hydrogens (tertiary/aromatic N) is 2. The van der Waals surface area contributed by atoms with Gasteiger partial charge in [0, 0.05) is 43.6 Å². The molecule has 0 saturated carbocycles. The van der Waals surface area contributed by atoms with Crippen molar-refractivity contribution >= 4 is 84.2 Å². The number of thiophene rings is 1. The molecule has 0 fully saturated rings.